The molecule has 0 spiro atoms. The van der Waals surface area contributed by atoms with Crippen LogP contribution in [0.4, 0.5) is 5.82 Å². The Morgan fingerprint density at radius 1 is 1.20 bits per heavy atom. The van der Waals surface area contributed by atoms with Gasteiger partial charge in [-0.2, -0.15) is 0 Å². The van der Waals surface area contributed by atoms with Crippen molar-refractivity contribution < 1.29 is 0 Å². The lowest BCUT2D eigenvalue weighted by atomic mass is 10.1. The fraction of sp³-hybridized carbons (Fsp3) is 0.273. The summed E-state index contributed by atoms with van der Waals surface area (Å²) in [7, 11) is 0. The monoisotopic (exact) mass is 202 g/mol. The van der Waals surface area contributed by atoms with E-state index in [1.807, 2.05) is 35.3 Å². The third-order valence-electron chi connectivity index (χ3n) is 2.13. The molecule has 0 aromatic carbocycles. The van der Waals surface area contributed by atoms with Gasteiger partial charge >= 0.3 is 0 Å². The van der Waals surface area contributed by atoms with Gasteiger partial charge in [0, 0.05) is 24.2 Å². The van der Waals surface area contributed by atoms with Crippen LogP contribution >= 0.6 is 0 Å². The SMILES string of the molecule is CC(C)c1cc(Nn2cccc2)ncn1. The molecule has 0 unspecified atom stereocenters. The van der Waals surface area contributed by atoms with Gasteiger partial charge in [-0.05, 0) is 18.1 Å². The normalized spacial score (nSPS) is 10.6. The third kappa shape index (κ3) is 2.34. The zero-order valence-electron chi connectivity index (χ0n) is 8.88. The summed E-state index contributed by atoms with van der Waals surface area (Å²) in [4.78, 5) is 8.36. The largest absolute Gasteiger partial charge is 0.278 e. The van der Waals surface area contributed by atoms with Crippen molar-refractivity contribution in [2.45, 2.75) is 19.8 Å². The Morgan fingerprint density at radius 2 is 1.93 bits per heavy atom. The van der Waals surface area contributed by atoms with Crippen LogP contribution in [-0.2, 0) is 0 Å². The highest BCUT2D eigenvalue weighted by Crippen LogP contribution is 2.13. The second-order valence-electron chi connectivity index (χ2n) is 3.68. The lowest BCUT2D eigenvalue weighted by molar-refractivity contribution is 0.810. The van der Waals surface area contributed by atoms with Crippen molar-refractivity contribution in [3.05, 3.63) is 42.6 Å². The molecule has 0 radical (unpaired) electrons. The molecule has 4 nitrogen and oxygen atoms in total. The summed E-state index contributed by atoms with van der Waals surface area (Å²) < 4.78 is 1.85. The molecule has 1 N–H and O–H groups in total. The molecule has 2 heterocycles. The topological polar surface area (TPSA) is 42.7 Å². The van der Waals surface area contributed by atoms with Crippen LogP contribution in [0, 0.1) is 0 Å². The molecule has 0 saturated heterocycles. The van der Waals surface area contributed by atoms with Crippen LogP contribution in [0.25, 0.3) is 0 Å². The molecular weight excluding hydrogens is 188 g/mol. The summed E-state index contributed by atoms with van der Waals surface area (Å²) in [6.07, 6.45) is 5.44. The van der Waals surface area contributed by atoms with E-state index in [-0.39, 0.29) is 0 Å². The predicted octanol–water partition coefficient (Wildman–Crippen LogP) is 2.28. The highest BCUT2D eigenvalue weighted by atomic mass is 15.4. The van der Waals surface area contributed by atoms with Crippen molar-refractivity contribution in [1.82, 2.24) is 14.6 Å². The molecule has 2 rings (SSSR count). The Labute approximate surface area is 89.0 Å². The second kappa shape index (κ2) is 4.13. The zero-order chi connectivity index (χ0) is 10.7. The average Bonchev–Trinajstić information content (AvgIpc) is 2.71. The minimum absolute atomic E-state index is 0.415. The number of hydrogen-bond donors (Lipinski definition) is 1. The summed E-state index contributed by atoms with van der Waals surface area (Å²) in [5, 5.41) is 0. The van der Waals surface area contributed by atoms with Crippen molar-refractivity contribution in [2.75, 3.05) is 5.43 Å². The number of nitrogens with one attached hydrogen (secondary N) is 1. The van der Waals surface area contributed by atoms with Gasteiger partial charge in [-0.1, -0.05) is 13.8 Å². The maximum Gasteiger partial charge on any atom is 0.148 e. The van der Waals surface area contributed by atoms with Crippen LogP contribution in [0.5, 0.6) is 0 Å². The van der Waals surface area contributed by atoms with Crippen LogP contribution in [0.2, 0.25) is 0 Å². The number of nitrogens with zero attached hydrogens (tertiary/aromatic N) is 3. The first-order valence-electron chi connectivity index (χ1n) is 4.97. The number of rotatable bonds is 3. The Morgan fingerprint density at radius 3 is 2.60 bits per heavy atom. The highest BCUT2D eigenvalue weighted by molar-refractivity contribution is 5.35. The molecule has 0 saturated carbocycles. The number of aromatic nitrogens is 3. The average molecular weight is 202 g/mol. The van der Waals surface area contributed by atoms with Crippen molar-refractivity contribution in [3.8, 4) is 0 Å². The van der Waals surface area contributed by atoms with E-state index in [2.05, 4.69) is 29.2 Å². The Kier molecular flexibility index (Phi) is 2.67. The fourth-order valence-corrected chi connectivity index (χ4v) is 1.29. The van der Waals surface area contributed by atoms with Crippen LogP contribution < -0.4 is 5.43 Å². The fourth-order valence-electron chi connectivity index (χ4n) is 1.29. The predicted molar refractivity (Wildman–Crippen MR) is 59.6 cm³/mol. The maximum atomic E-state index is 4.21. The number of anilines is 1. The van der Waals surface area contributed by atoms with Crippen LogP contribution in [0.3, 0.4) is 0 Å². The van der Waals surface area contributed by atoms with Gasteiger partial charge in [-0.15, -0.1) is 0 Å². The zero-order valence-corrected chi connectivity index (χ0v) is 8.88. The summed E-state index contributed by atoms with van der Waals surface area (Å²) in [5.41, 5.74) is 4.19. The van der Waals surface area contributed by atoms with Crippen molar-refractivity contribution in [3.63, 3.8) is 0 Å². The van der Waals surface area contributed by atoms with Gasteiger partial charge in [0.1, 0.15) is 12.1 Å². The van der Waals surface area contributed by atoms with E-state index in [1.165, 1.54) is 0 Å². The summed E-state index contributed by atoms with van der Waals surface area (Å²) in [6, 6.07) is 5.87. The van der Waals surface area contributed by atoms with Gasteiger partial charge in [0.2, 0.25) is 0 Å². The molecule has 0 aliphatic heterocycles. The van der Waals surface area contributed by atoms with E-state index in [0.29, 0.717) is 5.92 Å². The van der Waals surface area contributed by atoms with E-state index in [9.17, 15) is 0 Å². The molecule has 78 valence electrons. The standard InChI is InChI=1S/C11H14N4/c1-9(2)10-7-11(13-8-12-10)14-15-5-3-4-6-15/h3-9H,1-2H3,(H,12,13,14). The van der Waals surface area contributed by atoms with E-state index in [1.54, 1.807) is 6.33 Å². The van der Waals surface area contributed by atoms with Gasteiger partial charge < -0.3 is 0 Å². The molecule has 0 aliphatic carbocycles. The Hall–Kier alpha value is -1.84. The summed E-state index contributed by atoms with van der Waals surface area (Å²) in [6.45, 7) is 4.23. The first kappa shape index (κ1) is 9.71. The second-order valence-corrected chi connectivity index (χ2v) is 3.68. The molecule has 0 bridgehead atoms. The molecular formula is C11H14N4. The lowest BCUT2D eigenvalue weighted by Gasteiger charge is -2.08. The molecule has 2 aromatic heterocycles. The molecule has 0 aliphatic rings. The lowest BCUT2D eigenvalue weighted by Crippen LogP contribution is -2.08. The van der Waals surface area contributed by atoms with Gasteiger partial charge in [0.05, 0.1) is 0 Å². The molecule has 0 atom stereocenters. The molecule has 2 aromatic rings. The third-order valence-corrected chi connectivity index (χ3v) is 2.13. The van der Waals surface area contributed by atoms with E-state index in [0.717, 1.165) is 11.5 Å². The van der Waals surface area contributed by atoms with Crippen molar-refractivity contribution in [2.24, 2.45) is 0 Å². The quantitative estimate of drug-likeness (QED) is 0.830. The van der Waals surface area contributed by atoms with E-state index >= 15 is 0 Å². The van der Waals surface area contributed by atoms with E-state index < -0.39 is 0 Å². The van der Waals surface area contributed by atoms with Gasteiger partial charge in [-0.3, -0.25) is 10.1 Å². The van der Waals surface area contributed by atoms with Crippen molar-refractivity contribution in [1.29, 1.82) is 0 Å². The minimum Gasteiger partial charge on any atom is -0.278 e. The Balaban J connectivity index is 2.18. The van der Waals surface area contributed by atoms with E-state index in [4.69, 9.17) is 0 Å². The van der Waals surface area contributed by atoms with Gasteiger partial charge in [-0.25, -0.2) is 9.97 Å². The van der Waals surface area contributed by atoms with Crippen LogP contribution in [-0.4, -0.2) is 14.6 Å². The minimum atomic E-state index is 0.415. The molecule has 15 heavy (non-hydrogen) atoms. The van der Waals surface area contributed by atoms with Crippen LogP contribution in [0.15, 0.2) is 36.9 Å². The first-order chi connectivity index (χ1) is 7.25. The Bertz CT molecular complexity index is 420. The highest BCUT2D eigenvalue weighted by Gasteiger charge is 2.02. The molecule has 0 amide bonds. The molecule has 4 heteroatoms. The summed E-state index contributed by atoms with van der Waals surface area (Å²) >= 11 is 0. The molecule has 0 fully saturated rings. The smallest absolute Gasteiger partial charge is 0.148 e. The first-order valence-corrected chi connectivity index (χ1v) is 4.97. The van der Waals surface area contributed by atoms with Gasteiger partial charge in [0.15, 0.2) is 0 Å². The van der Waals surface area contributed by atoms with Crippen molar-refractivity contribution >= 4 is 5.82 Å². The summed E-state index contributed by atoms with van der Waals surface area (Å²) in [5.74, 6) is 1.23. The maximum absolute atomic E-state index is 4.21. The number of hydrogen-bond acceptors (Lipinski definition) is 3. The van der Waals surface area contributed by atoms with Gasteiger partial charge in [0.25, 0.3) is 0 Å². The van der Waals surface area contributed by atoms with Crippen LogP contribution in [0.1, 0.15) is 25.5 Å².